The molecule has 0 radical (unpaired) electrons. The van der Waals surface area contributed by atoms with E-state index in [1.54, 1.807) is 7.11 Å². The largest absolute Gasteiger partial charge is 0.497 e. The van der Waals surface area contributed by atoms with E-state index in [-0.39, 0.29) is 6.04 Å². The molecular weight excluding hydrogens is 260 g/mol. The minimum absolute atomic E-state index is 0.227. The Morgan fingerprint density at radius 3 is 2.76 bits per heavy atom. The molecule has 21 heavy (non-hydrogen) atoms. The summed E-state index contributed by atoms with van der Waals surface area (Å²) in [4.78, 5) is 0. The van der Waals surface area contributed by atoms with Gasteiger partial charge in [-0.25, -0.2) is 0 Å². The molecule has 1 aromatic heterocycles. The van der Waals surface area contributed by atoms with Gasteiger partial charge in [0.15, 0.2) is 0 Å². The highest BCUT2D eigenvalue weighted by atomic mass is 16.5. The summed E-state index contributed by atoms with van der Waals surface area (Å²) in [6.45, 7) is 1.01. The van der Waals surface area contributed by atoms with Crippen LogP contribution in [0.1, 0.15) is 42.0 Å². The summed E-state index contributed by atoms with van der Waals surface area (Å²) in [5, 5.41) is 0. The molecule has 3 rings (SSSR count). The van der Waals surface area contributed by atoms with Crippen LogP contribution in [0, 0.1) is 0 Å². The summed E-state index contributed by atoms with van der Waals surface area (Å²) in [5.74, 6) is 0.914. The average Bonchev–Trinajstić information content (AvgIpc) is 2.85. The zero-order chi connectivity index (χ0) is 14.7. The second kappa shape index (κ2) is 6.35. The van der Waals surface area contributed by atoms with Crippen molar-refractivity contribution in [1.29, 1.82) is 0 Å². The van der Waals surface area contributed by atoms with Gasteiger partial charge in [-0.05, 0) is 54.5 Å². The molecule has 2 N–H and O–H groups in total. The molecule has 2 aromatic rings. The number of aromatic nitrogens is 1. The Labute approximate surface area is 126 Å². The monoisotopic (exact) mass is 284 g/mol. The van der Waals surface area contributed by atoms with Gasteiger partial charge in [-0.1, -0.05) is 18.6 Å². The first-order chi connectivity index (χ1) is 10.3. The van der Waals surface area contributed by atoms with E-state index < -0.39 is 0 Å². The molecule has 1 aliphatic rings. The fourth-order valence-electron chi connectivity index (χ4n) is 3.13. The van der Waals surface area contributed by atoms with Gasteiger partial charge in [0, 0.05) is 25.0 Å². The Hall–Kier alpha value is -1.74. The van der Waals surface area contributed by atoms with Crippen molar-refractivity contribution < 1.29 is 4.74 Å². The second-order valence-electron chi connectivity index (χ2n) is 5.93. The summed E-state index contributed by atoms with van der Waals surface area (Å²) < 4.78 is 7.50. The molecule has 3 nitrogen and oxygen atoms in total. The Morgan fingerprint density at radius 1 is 1.19 bits per heavy atom. The van der Waals surface area contributed by atoms with Gasteiger partial charge < -0.3 is 15.0 Å². The third-order valence-electron chi connectivity index (χ3n) is 4.43. The molecular formula is C18H24N2O. The number of methoxy groups -OCH3 is 1. The topological polar surface area (TPSA) is 40.2 Å². The normalized spacial score (nSPS) is 18.1. The van der Waals surface area contributed by atoms with Crippen LogP contribution in [-0.4, -0.2) is 11.7 Å². The maximum atomic E-state index is 6.27. The van der Waals surface area contributed by atoms with Gasteiger partial charge in [-0.15, -0.1) is 0 Å². The highest BCUT2D eigenvalue weighted by Gasteiger charge is 2.17. The van der Waals surface area contributed by atoms with Crippen LogP contribution in [0.4, 0.5) is 0 Å². The van der Waals surface area contributed by atoms with Crippen LogP contribution in [-0.2, 0) is 19.4 Å². The molecule has 0 saturated heterocycles. The fraction of sp³-hybridized carbons (Fsp3) is 0.444. The summed E-state index contributed by atoms with van der Waals surface area (Å²) in [7, 11) is 1.70. The van der Waals surface area contributed by atoms with E-state index in [2.05, 4.69) is 29.1 Å². The first-order valence-electron chi connectivity index (χ1n) is 7.83. The Morgan fingerprint density at radius 2 is 2.00 bits per heavy atom. The number of rotatable bonds is 4. The molecule has 0 fully saturated rings. The molecule has 3 heteroatoms. The average molecular weight is 284 g/mol. The van der Waals surface area contributed by atoms with E-state index in [1.807, 2.05) is 12.1 Å². The molecule has 1 aliphatic carbocycles. The number of ether oxygens (including phenoxy) is 1. The van der Waals surface area contributed by atoms with Gasteiger partial charge in [0.1, 0.15) is 5.75 Å². The van der Waals surface area contributed by atoms with Crippen LogP contribution in [0.15, 0.2) is 36.7 Å². The number of aryl methyl sites for hydroxylation is 3. The van der Waals surface area contributed by atoms with Gasteiger partial charge in [0.25, 0.3) is 0 Å². The quantitative estimate of drug-likeness (QED) is 0.873. The van der Waals surface area contributed by atoms with Crippen molar-refractivity contribution in [3.05, 3.63) is 53.3 Å². The molecule has 0 bridgehead atoms. The SMILES string of the molecule is COc1ccc(CCn2cc3c(c2)C(N)CCCC3)cc1. The van der Waals surface area contributed by atoms with E-state index in [1.165, 1.54) is 36.0 Å². The highest BCUT2D eigenvalue weighted by molar-refractivity contribution is 5.30. The lowest BCUT2D eigenvalue weighted by Crippen LogP contribution is -2.09. The smallest absolute Gasteiger partial charge is 0.118 e. The molecule has 0 spiro atoms. The lowest BCUT2D eigenvalue weighted by molar-refractivity contribution is 0.414. The van der Waals surface area contributed by atoms with Gasteiger partial charge in [0.05, 0.1) is 7.11 Å². The summed E-state index contributed by atoms with van der Waals surface area (Å²) in [5.41, 5.74) is 10.4. The van der Waals surface area contributed by atoms with E-state index in [4.69, 9.17) is 10.5 Å². The Bertz CT molecular complexity index is 586. The highest BCUT2D eigenvalue weighted by Crippen LogP contribution is 2.27. The second-order valence-corrected chi connectivity index (χ2v) is 5.93. The third-order valence-corrected chi connectivity index (χ3v) is 4.43. The predicted octanol–water partition coefficient (Wildman–Crippen LogP) is 3.47. The molecule has 112 valence electrons. The van der Waals surface area contributed by atoms with E-state index in [0.29, 0.717) is 0 Å². The van der Waals surface area contributed by atoms with Crippen LogP contribution >= 0.6 is 0 Å². The van der Waals surface area contributed by atoms with Crippen LogP contribution in [0.25, 0.3) is 0 Å². The maximum Gasteiger partial charge on any atom is 0.118 e. The van der Waals surface area contributed by atoms with E-state index in [9.17, 15) is 0 Å². The standard InChI is InChI=1S/C18H24N2O/c1-21-16-8-6-14(7-9-16)10-11-20-12-15-4-2-3-5-18(19)17(15)13-20/h6-9,12-13,18H,2-5,10-11,19H2,1H3. The van der Waals surface area contributed by atoms with Crippen molar-refractivity contribution in [2.75, 3.05) is 7.11 Å². The van der Waals surface area contributed by atoms with Gasteiger partial charge in [-0.2, -0.15) is 0 Å². The zero-order valence-corrected chi connectivity index (χ0v) is 12.7. The predicted molar refractivity (Wildman–Crippen MR) is 85.6 cm³/mol. The molecule has 1 aromatic carbocycles. The first-order valence-corrected chi connectivity index (χ1v) is 7.83. The van der Waals surface area contributed by atoms with E-state index in [0.717, 1.165) is 25.1 Å². The lowest BCUT2D eigenvalue weighted by Gasteiger charge is -2.08. The van der Waals surface area contributed by atoms with Crippen LogP contribution in [0.3, 0.4) is 0 Å². The van der Waals surface area contributed by atoms with Crippen LogP contribution < -0.4 is 10.5 Å². The molecule has 1 unspecified atom stereocenters. The molecule has 1 atom stereocenters. The van der Waals surface area contributed by atoms with Gasteiger partial charge in [-0.3, -0.25) is 0 Å². The Kier molecular flexibility index (Phi) is 4.30. The molecule has 0 amide bonds. The summed E-state index contributed by atoms with van der Waals surface area (Å²) in [6.07, 6.45) is 10.4. The maximum absolute atomic E-state index is 6.27. The minimum Gasteiger partial charge on any atom is -0.497 e. The minimum atomic E-state index is 0.227. The number of hydrogen-bond acceptors (Lipinski definition) is 2. The molecule has 0 aliphatic heterocycles. The number of fused-ring (bicyclic) bond motifs is 1. The van der Waals surface area contributed by atoms with Crippen molar-refractivity contribution in [2.45, 2.75) is 44.7 Å². The number of nitrogens with zero attached hydrogens (tertiary/aromatic N) is 1. The number of nitrogens with two attached hydrogens (primary N) is 1. The van der Waals surface area contributed by atoms with Crippen molar-refractivity contribution in [1.82, 2.24) is 4.57 Å². The zero-order valence-electron chi connectivity index (χ0n) is 12.7. The van der Waals surface area contributed by atoms with E-state index >= 15 is 0 Å². The van der Waals surface area contributed by atoms with Gasteiger partial charge in [0.2, 0.25) is 0 Å². The summed E-state index contributed by atoms with van der Waals surface area (Å²) >= 11 is 0. The molecule has 0 saturated carbocycles. The third kappa shape index (κ3) is 3.30. The molecule has 1 heterocycles. The van der Waals surface area contributed by atoms with Crippen molar-refractivity contribution >= 4 is 0 Å². The van der Waals surface area contributed by atoms with Crippen molar-refractivity contribution in [2.24, 2.45) is 5.73 Å². The summed E-state index contributed by atoms with van der Waals surface area (Å²) in [6, 6.07) is 8.55. The van der Waals surface area contributed by atoms with Crippen LogP contribution in [0.2, 0.25) is 0 Å². The van der Waals surface area contributed by atoms with Crippen LogP contribution in [0.5, 0.6) is 5.75 Å². The number of hydrogen-bond donors (Lipinski definition) is 1. The fourth-order valence-corrected chi connectivity index (χ4v) is 3.13. The van der Waals surface area contributed by atoms with Gasteiger partial charge >= 0.3 is 0 Å². The van der Waals surface area contributed by atoms with Crippen molar-refractivity contribution in [3.63, 3.8) is 0 Å². The first kappa shape index (κ1) is 14.2. The lowest BCUT2D eigenvalue weighted by atomic mass is 10.1. The number of benzene rings is 1. The Balaban J connectivity index is 1.66. The van der Waals surface area contributed by atoms with Crippen molar-refractivity contribution in [3.8, 4) is 5.75 Å².